The molecule has 1 aliphatic heterocycles. The molecule has 0 aromatic carbocycles. The largest absolute Gasteiger partial charge is 1.00 e. The van der Waals surface area contributed by atoms with Crippen LogP contribution >= 0.6 is 0 Å². The van der Waals surface area contributed by atoms with E-state index in [2.05, 4.69) is 27.7 Å². The molecule has 0 aromatic rings. The molecule has 5 nitrogen and oxygen atoms in total. The Bertz CT molecular complexity index is 364. The van der Waals surface area contributed by atoms with Crippen molar-refractivity contribution in [1.82, 2.24) is 0 Å². The molecular weight excluding hydrogens is 573 g/mol. The molecule has 29 heavy (non-hydrogen) atoms. The summed E-state index contributed by atoms with van der Waals surface area (Å²) in [7, 11) is 0. The van der Waals surface area contributed by atoms with E-state index in [1.54, 1.807) is 0 Å². The third-order valence-electron chi connectivity index (χ3n) is 4.94. The second-order valence-corrected chi connectivity index (χ2v) is 8.00. The van der Waals surface area contributed by atoms with Gasteiger partial charge in [0.25, 0.3) is 0 Å². The van der Waals surface area contributed by atoms with Crippen molar-refractivity contribution in [1.29, 1.82) is 0 Å². The quantitative estimate of drug-likeness (QED) is 0.135. The van der Waals surface area contributed by atoms with Crippen molar-refractivity contribution < 1.29 is 46.1 Å². The van der Waals surface area contributed by atoms with Crippen molar-refractivity contribution in [2.24, 2.45) is 0 Å². The number of unbranched alkanes of at least 4 members (excludes halogenated alkanes) is 4. The van der Waals surface area contributed by atoms with Gasteiger partial charge in [0.15, 0.2) is 0 Å². The zero-order valence-corrected chi connectivity index (χ0v) is 21.8. The van der Waals surface area contributed by atoms with Crippen LogP contribution in [0.2, 0.25) is 0 Å². The van der Waals surface area contributed by atoms with E-state index in [1.165, 1.54) is 0 Å². The topological polar surface area (TPSA) is 46.2 Å². The first-order valence-electron chi connectivity index (χ1n) is 11.4. The number of hydrogen-bond acceptors (Lipinski definition) is 6. The Morgan fingerprint density at radius 2 is 1.10 bits per heavy atom. The molecule has 1 heterocycles. The number of ether oxygens (including phenoxy) is 5. The van der Waals surface area contributed by atoms with Gasteiger partial charge in [-0.2, -0.15) is 0 Å². The zero-order chi connectivity index (χ0) is 20.6. The van der Waals surface area contributed by atoms with Crippen molar-refractivity contribution in [3.05, 3.63) is 0 Å². The van der Waals surface area contributed by atoms with Gasteiger partial charge in [0, 0.05) is 26.4 Å². The van der Waals surface area contributed by atoms with Gasteiger partial charge in [-0.15, -0.1) is 0 Å². The van der Waals surface area contributed by atoms with Crippen molar-refractivity contribution >= 4 is 12.6 Å². The van der Waals surface area contributed by atoms with Gasteiger partial charge >= 0.3 is 22.4 Å². The van der Waals surface area contributed by atoms with E-state index < -0.39 is 5.44 Å². The van der Waals surface area contributed by atoms with Crippen LogP contribution < -0.4 is 0 Å². The Morgan fingerprint density at radius 3 is 1.62 bits per heavy atom. The molecule has 0 N–H and O–H groups in total. The fraction of sp³-hybridized carbons (Fsp3) is 1.00. The second kappa shape index (κ2) is 19.6. The summed E-state index contributed by atoms with van der Waals surface area (Å²) in [6.45, 7) is 11.9. The molecule has 1 rings (SSSR count). The first-order chi connectivity index (χ1) is 13.7. The van der Waals surface area contributed by atoms with E-state index >= 15 is 0 Å². The molecule has 1 fully saturated rings. The maximum absolute atomic E-state index is 6.29. The maximum atomic E-state index is 6.29. The molecular formula is C22H43AuO5S. The van der Waals surface area contributed by atoms with Crippen LogP contribution in [-0.4, -0.2) is 62.9 Å². The monoisotopic (exact) mass is 616 g/mol. The SMILES string of the molecule is CCCCOCC1OC([S-])C(OCCCC)C(OCCCC)C1OCCCC.[Au+]. The molecule has 0 aliphatic carbocycles. The van der Waals surface area contributed by atoms with E-state index in [0.29, 0.717) is 26.4 Å². The number of rotatable bonds is 17. The minimum absolute atomic E-state index is 0. The molecule has 5 atom stereocenters. The van der Waals surface area contributed by atoms with E-state index in [0.717, 1.165) is 58.0 Å². The van der Waals surface area contributed by atoms with Crippen LogP contribution in [0.1, 0.15) is 79.1 Å². The fourth-order valence-electron chi connectivity index (χ4n) is 3.12. The average Bonchev–Trinajstić information content (AvgIpc) is 2.69. The summed E-state index contributed by atoms with van der Waals surface area (Å²) < 4.78 is 30.7. The molecule has 7 heteroatoms. The van der Waals surface area contributed by atoms with Gasteiger partial charge in [-0.1, -0.05) is 53.4 Å². The Morgan fingerprint density at radius 1 is 0.655 bits per heavy atom. The van der Waals surface area contributed by atoms with Gasteiger partial charge < -0.3 is 36.3 Å². The molecule has 1 saturated heterocycles. The van der Waals surface area contributed by atoms with E-state index in [1.807, 2.05) is 0 Å². The average molecular weight is 617 g/mol. The van der Waals surface area contributed by atoms with Crippen LogP contribution in [0.5, 0.6) is 0 Å². The van der Waals surface area contributed by atoms with E-state index in [9.17, 15) is 0 Å². The standard InChI is InChI=1S/C22H44O5S.Au/c1-5-9-13-23-17-18-19(24-14-10-6-2)20(25-15-11-7-3)21(22(28)27-18)26-16-12-8-4;/h18-22,28H,5-17H2,1-4H3;/q;+1/p-1. The van der Waals surface area contributed by atoms with Gasteiger partial charge in [-0.3, -0.25) is 0 Å². The summed E-state index contributed by atoms with van der Waals surface area (Å²) in [5, 5.41) is 0. The molecule has 0 saturated carbocycles. The molecule has 178 valence electrons. The van der Waals surface area contributed by atoms with Crippen LogP contribution in [0.25, 0.3) is 0 Å². The third-order valence-corrected chi connectivity index (χ3v) is 5.32. The van der Waals surface area contributed by atoms with Crippen LogP contribution in [0, 0.1) is 0 Å². The Hall–Kier alpha value is 0.890. The Balaban J connectivity index is 0.00000784. The van der Waals surface area contributed by atoms with Gasteiger partial charge in [0.1, 0.15) is 18.3 Å². The minimum Gasteiger partial charge on any atom is -0.759 e. The van der Waals surface area contributed by atoms with Crippen LogP contribution in [0.3, 0.4) is 0 Å². The fourth-order valence-corrected chi connectivity index (χ4v) is 3.49. The maximum Gasteiger partial charge on any atom is 1.00 e. The van der Waals surface area contributed by atoms with Crippen LogP contribution in [0.15, 0.2) is 0 Å². The smallest absolute Gasteiger partial charge is 0.759 e. The molecule has 0 aromatic heterocycles. The van der Waals surface area contributed by atoms with E-state index in [-0.39, 0.29) is 46.8 Å². The second-order valence-electron chi connectivity index (χ2n) is 7.54. The minimum atomic E-state index is -0.450. The molecule has 0 amide bonds. The normalized spacial score (nSPS) is 27.0. The Labute approximate surface area is 200 Å². The zero-order valence-electron chi connectivity index (χ0n) is 18.8. The molecule has 1 aliphatic rings. The van der Waals surface area contributed by atoms with Gasteiger partial charge in [-0.25, -0.2) is 0 Å². The molecule has 0 radical (unpaired) electrons. The Kier molecular flexibility index (Phi) is 20.2. The molecule has 0 bridgehead atoms. The van der Waals surface area contributed by atoms with Crippen molar-refractivity contribution in [3.8, 4) is 0 Å². The summed E-state index contributed by atoms with van der Waals surface area (Å²) in [6.07, 6.45) is 7.54. The summed E-state index contributed by atoms with van der Waals surface area (Å²) in [6, 6.07) is 0. The molecule has 5 unspecified atom stereocenters. The summed E-state index contributed by atoms with van der Waals surface area (Å²) >= 11 is 5.64. The van der Waals surface area contributed by atoms with Gasteiger partial charge in [0.2, 0.25) is 0 Å². The summed E-state index contributed by atoms with van der Waals surface area (Å²) in [5.74, 6) is 0. The van der Waals surface area contributed by atoms with E-state index in [4.69, 9.17) is 36.3 Å². The van der Waals surface area contributed by atoms with Crippen molar-refractivity contribution in [2.75, 3.05) is 33.0 Å². The summed E-state index contributed by atoms with van der Waals surface area (Å²) in [5.41, 5.74) is -0.450. The summed E-state index contributed by atoms with van der Waals surface area (Å²) in [4.78, 5) is 0. The van der Waals surface area contributed by atoms with Gasteiger partial charge in [-0.05, 0) is 31.1 Å². The predicted molar refractivity (Wildman–Crippen MR) is 116 cm³/mol. The number of hydrogen-bond donors (Lipinski definition) is 0. The molecule has 0 spiro atoms. The predicted octanol–water partition coefficient (Wildman–Crippen LogP) is 4.63. The first kappa shape index (κ1) is 29.9. The van der Waals surface area contributed by atoms with Gasteiger partial charge in [0.05, 0.1) is 12.7 Å². The first-order valence-corrected chi connectivity index (χ1v) is 11.9. The van der Waals surface area contributed by atoms with Crippen molar-refractivity contribution in [3.63, 3.8) is 0 Å². The third kappa shape index (κ3) is 11.9. The van der Waals surface area contributed by atoms with Crippen molar-refractivity contribution in [2.45, 2.75) is 109 Å². The van der Waals surface area contributed by atoms with Crippen LogP contribution in [0.4, 0.5) is 0 Å². The van der Waals surface area contributed by atoms with Crippen LogP contribution in [-0.2, 0) is 58.7 Å².